The molecule has 90 valence electrons. The molecule has 1 fully saturated rings. The summed E-state index contributed by atoms with van der Waals surface area (Å²) in [5.74, 6) is -4.05. The lowest BCUT2D eigenvalue weighted by Crippen LogP contribution is -2.67. The standard InChI is InChI=1S/C8H9F3N2O3/c1-7(2)5(15)12-4(14)3-13(7)6(16)8(9,10)11/h3H2,1-2H3,(H,12,14,15). The van der Waals surface area contributed by atoms with E-state index in [2.05, 4.69) is 0 Å². The van der Waals surface area contributed by atoms with Crippen molar-refractivity contribution >= 4 is 17.7 Å². The Morgan fingerprint density at radius 3 is 2.31 bits per heavy atom. The predicted octanol–water partition coefficient (Wildman–Crippen LogP) is -0.188. The van der Waals surface area contributed by atoms with E-state index in [0.717, 1.165) is 13.8 Å². The lowest BCUT2D eigenvalue weighted by atomic mass is 9.98. The predicted molar refractivity (Wildman–Crippen MR) is 45.0 cm³/mol. The molecule has 1 rings (SSSR count). The van der Waals surface area contributed by atoms with E-state index in [1.807, 2.05) is 5.32 Å². The average molecular weight is 238 g/mol. The molecule has 0 radical (unpaired) electrons. The first-order valence-electron chi connectivity index (χ1n) is 4.30. The summed E-state index contributed by atoms with van der Waals surface area (Å²) in [5.41, 5.74) is -1.69. The summed E-state index contributed by atoms with van der Waals surface area (Å²) in [7, 11) is 0. The van der Waals surface area contributed by atoms with Crippen molar-refractivity contribution in [3.05, 3.63) is 0 Å². The molecular formula is C8H9F3N2O3. The molecule has 0 atom stereocenters. The van der Waals surface area contributed by atoms with Gasteiger partial charge < -0.3 is 4.90 Å². The van der Waals surface area contributed by atoms with E-state index in [4.69, 9.17) is 0 Å². The monoisotopic (exact) mass is 238 g/mol. The van der Waals surface area contributed by atoms with Crippen LogP contribution in [0, 0.1) is 0 Å². The molecule has 1 N–H and O–H groups in total. The summed E-state index contributed by atoms with van der Waals surface area (Å²) in [6, 6.07) is 0. The van der Waals surface area contributed by atoms with Gasteiger partial charge in [-0.1, -0.05) is 0 Å². The SMILES string of the molecule is CC1(C)C(=O)NC(=O)CN1C(=O)C(F)(F)F. The molecule has 5 nitrogen and oxygen atoms in total. The Balaban J connectivity index is 3.06. The molecule has 1 aliphatic rings. The van der Waals surface area contributed by atoms with Crippen molar-refractivity contribution < 1.29 is 27.6 Å². The van der Waals surface area contributed by atoms with Gasteiger partial charge in [0.1, 0.15) is 12.1 Å². The van der Waals surface area contributed by atoms with Crippen molar-refractivity contribution in [2.24, 2.45) is 0 Å². The third-order valence-corrected chi connectivity index (χ3v) is 2.27. The molecule has 3 amide bonds. The Labute approximate surface area is 88.6 Å². The maximum atomic E-state index is 12.2. The van der Waals surface area contributed by atoms with Crippen molar-refractivity contribution in [3.8, 4) is 0 Å². The van der Waals surface area contributed by atoms with E-state index >= 15 is 0 Å². The van der Waals surface area contributed by atoms with Crippen LogP contribution in [-0.4, -0.2) is 40.9 Å². The fourth-order valence-corrected chi connectivity index (χ4v) is 1.26. The lowest BCUT2D eigenvalue weighted by Gasteiger charge is -2.40. The second-order valence-electron chi connectivity index (χ2n) is 3.83. The van der Waals surface area contributed by atoms with Gasteiger partial charge in [0, 0.05) is 0 Å². The molecule has 1 saturated heterocycles. The van der Waals surface area contributed by atoms with Crippen LogP contribution in [0.25, 0.3) is 0 Å². The number of piperazine rings is 1. The third kappa shape index (κ3) is 2.00. The van der Waals surface area contributed by atoms with Crippen LogP contribution in [0.2, 0.25) is 0 Å². The molecule has 0 unspecified atom stereocenters. The number of hydrogen-bond donors (Lipinski definition) is 1. The largest absolute Gasteiger partial charge is 0.471 e. The Bertz CT molecular complexity index is 362. The van der Waals surface area contributed by atoms with E-state index in [1.165, 1.54) is 0 Å². The number of carbonyl (C=O) groups excluding carboxylic acids is 3. The van der Waals surface area contributed by atoms with Crippen LogP contribution >= 0.6 is 0 Å². The Morgan fingerprint density at radius 1 is 1.38 bits per heavy atom. The van der Waals surface area contributed by atoms with Crippen LogP contribution in [0.4, 0.5) is 13.2 Å². The number of carbonyl (C=O) groups is 3. The first kappa shape index (κ1) is 12.5. The fourth-order valence-electron chi connectivity index (χ4n) is 1.26. The first-order valence-corrected chi connectivity index (χ1v) is 4.30. The van der Waals surface area contributed by atoms with Gasteiger partial charge in [-0.15, -0.1) is 0 Å². The normalized spacial score (nSPS) is 20.7. The molecule has 0 bridgehead atoms. The molecule has 0 saturated carbocycles. The number of amides is 3. The summed E-state index contributed by atoms with van der Waals surface area (Å²) in [6.45, 7) is 1.49. The summed E-state index contributed by atoms with van der Waals surface area (Å²) in [4.78, 5) is 33.4. The highest BCUT2D eigenvalue weighted by atomic mass is 19.4. The molecule has 8 heteroatoms. The molecule has 1 heterocycles. The number of nitrogens with one attached hydrogen (secondary N) is 1. The molecule has 16 heavy (non-hydrogen) atoms. The summed E-state index contributed by atoms with van der Waals surface area (Å²) >= 11 is 0. The van der Waals surface area contributed by atoms with Gasteiger partial charge in [0.2, 0.25) is 5.91 Å². The van der Waals surface area contributed by atoms with E-state index in [9.17, 15) is 27.6 Å². The van der Waals surface area contributed by atoms with E-state index < -0.39 is 36.0 Å². The van der Waals surface area contributed by atoms with Crippen LogP contribution in [0.5, 0.6) is 0 Å². The minimum absolute atomic E-state index is 0.216. The molecule has 0 aliphatic carbocycles. The summed E-state index contributed by atoms with van der Waals surface area (Å²) in [6.07, 6.45) is -5.10. The number of halogens is 3. The maximum Gasteiger partial charge on any atom is 0.471 e. The van der Waals surface area contributed by atoms with Gasteiger partial charge in [0.25, 0.3) is 5.91 Å². The zero-order valence-electron chi connectivity index (χ0n) is 8.51. The van der Waals surface area contributed by atoms with Crippen LogP contribution in [-0.2, 0) is 14.4 Å². The van der Waals surface area contributed by atoms with Crippen LogP contribution in [0.3, 0.4) is 0 Å². The molecule has 0 aromatic heterocycles. The van der Waals surface area contributed by atoms with Gasteiger partial charge in [0.05, 0.1) is 0 Å². The van der Waals surface area contributed by atoms with Crippen LogP contribution in [0.1, 0.15) is 13.8 Å². The second kappa shape index (κ2) is 3.46. The van der Waals surface area contributed by atoms with Gasteiger partial charge in [-0.3, -0.25) is 19.7 Å². The van der Waals surface area contributed by atoms with Crippen LogP contribution in [0.15, 0.2) is 0 Å². The highest BCUT2D eigenvalue weighted by Crippen LogP contribution is 2.26. The Morgan fingerprint density at radius 2 is 1.88 bits per heavy atom. The number of imide groups is 1. The topological polar surface area (TPSA) is 66.5 Å². The van der Waals surface area contributed by atoms with Gasteiger partial charge in [-0.25, -0.2) is 0 Å². The van der Waals surface area contributed by atoms with Gasteiger partial charge in [-0.2, -0.15) is 13.2 Å². The van der Waals surface area contributed by atoms with Crippen molar-refractivity contribution in [3.63, 3.8) is 0 Å². The highest BCUT2D eigenvalue weighted by Gasteiger charge is 2.52. The molecule has 1 aliphatic heterocycles. The van der Waals surface area contributed by atoms with Crippen molar-refractivity contribution in [1.82, 2.24) is 10.2 Å². The zero-order chi connectivity index (χ0) is 12.7. The number of nitrogens with zero attached hydrogens (tertiary/aromatic N) is 1. The first-order chi connectivity index (χ1) is 7.06. The van der Waals surface area contributed by atoms with E-state index in [-0.39, 0.29) is 4.90 Å². The fraction of sp³-hybridized carbons (Fsp3) is 0.625. The Hall–Kier alpha value is -1.60. The third-order valence-electron chi connectivity index (χ3n) is 2.27. The number of hydrogen-bond acceptors (Lipinski definition) is 3. The minimum atomic E-state index is -5.10. The lowest BCUT2D eigenvalue weighted by molar-refractivity contribution is -0.193. The van der Waals surface area contributed by atoms with E-state index in [0.29, 0.717) is 0 Å². The Kier molecular flexibility index (Phi) is 2.70. The second-order valence-corrected chi connectivity index (χ2v) is 3.83. The van der Waals surface area contributed by atoms with Crippen molar-refractivity contribution in [2.45, 2.75) is 25.6 Å². The summed E-state index contributed by atoms with van der Waals surface area (Å²) < 4.78 is 36.6. The highest BCUT2D eigenvalue weighted by molar-refractivity contribution is 6.06. The number of alkyl halides is 3. The zero-order valence-corrected chi connectivity index (χ0v) is 8.51. The number of rotatable bonds is 0. The molecular weight excluding hydrogens is 229 g/mol. The smallest absolute Gasteiger partial charge is 0.311 e. The van der Waals surface area contributed by atoms with Crippen LogP contribution < -0.4 is 5.32 Å². The molecule has 0 aromatic rings. The van der Waals surface area contributed by atoms with Crippen molar-refractivity contribution in [2.75, 3.05) is 6.54 Å². The van der Waals surface area contributed by atoms with Gasteiger partial charge >= 0.3 is 12.1 Å². The summed E-state index contributed by atoms with van der Waals surface area (Å²) in [5, 5.41) is 1.87. The van der Waals surface area contributed by atoms with Gasteiger partial charge in [0.15, 0.2) is 0 Å². The van der Waals surface area contributed by atoms with Crippen molar-refractivity contribution in [1.29, 1.82) is 0 Å². The van der Waals surface area contributed by atoms with E-state index in [1.54, 1.807) is 0 Å². The quantitative estimate of drug-likeness (QED) is 0.595. The minimum Gasteiger partial charge on any atom is -0.311 e. The van der Waals surface area contributed by atoms with Gasteiger partial charge in [-0.05, 0) is 13.8 Å². The molecule has 0 spiro atoms. The maximum absolute atomic E-state index is 12.2. The molecule has 0 aromatic carbocycles. The average Bonchev–Trinajstić information content (AvgIpc) is 2.09.